The molecule has 0 aromatic heterocycles. The van der Waals surface area contributed by atoms with Gasteiger partial charge in [-0.05, 0) is 54.4 Å². The minimum Gasteiger partial charge on any atom is -0.379 e. The largest absolute Gasteiger partial charge is 0.508 e. The highest BCUT2D eigenvalue weighted by Crippen LogP contribution is 2.40. The van der Waals surface area contributed by atoms with E-state index in [9.17, 15) is 0 Å². The molecule has 1 heterocycles. The first-order valence-electron chi connectivity index (χ1n) is 11.1. The molecule has 1 atom stereocenters. The van der Waals surface area contributed by atoms with Crippen molar-refractivity contribution in [2.75, 3.05) is 59.5 Å². The minimum absolute atomic E-state index is 0.213. The van der Waals surface area contributed by atoms with Gasteiger partial charge in [-0.1, -0.05) is 0 Å². The summed E-state index contributed by atoms with van der Waals surface area (Å²) in [7, 11) is -6.27. The summed E-state index contributed by atoms with van der Waals surface area (Å²) >= 11 is 0. The highest BCUT2D eigenvalue weighted by Gasteiger charge is 2.65. The Morgan fingerprint density at radius 1 is 0.724 bits per heavy atom. The minimum atomic E-state index is -3.14. The lowest BCUT2D eigenvalue weighted by Gasteiger charge is -2.42. The molecule has 0 N–H and O–H groups in total. The van der Waals surface area contributed by atoms with Crippen LogP contribution in [0.4, 0.5) is 0 Å². The van der Waals surface area contributed by atoms with Crippen LogP contribution in [0.25, 0.3) is 0 Å². The standard InChI is InChI=1S/C19H42O8Si2/c1-7-22-28(23-8-2,24-9-3)19(14-13-15-20-16-18-17-21-18)29(25-10-4,26-11-5)27-12-6/h18-19H,7-17H2,1-6H3. The van der Waals surface area contributed by atoms with E-state index in [1.54, 1.807) is 0 Å². The van der Waals surface area contributed by atoms with Gasteiger partial charge in [-0.25, -0.2) is 0 Å². The second-order valence-electron chi connectivity index (χ2n) is 6.53. The van der Waals surface area contributed by atoms with Crippen LogP contribution >= 0.6 is 0 Å². The third-order valence-electron chi connectivity index (χ3n) is 4.41. The van der Waals surface area contributed by atoms with Crippen molar-refractivity contribution in [2.45, 2.75) is 65.7 Å². The van der Waals surface area contributed by atoms with E-state index >= 15 is 0 Å². The van der Waals surface area contributed by atoms with E-state index in [1.165, 1.54) is 0 Å². The van der Waals surface area contributed by atoms with Crippen LogP contribution in [0.1, 0.15) is 54.4 Å². The van der Waals surface area contributed by atoms with Gasteiger partial charge in [0.15, 0.2) is 0 Å². The normalized spacial score (nSPS) is 17.3. The van der Waals surface area contributed by atoms with Crippen molar-refractivity contribution in [2.24, 2.45) is 0 Å². The van der Waals surface area contributed by atoms with E-state index in [0.717, 1.165) is 19.4 Å². The molecule has 0 amide bonds. The van der Waals surface area contributed by atoms with Gasteiger partial charge in [-0.3, -0.25) is 0 Å². The maximum absolute atomic E-state index is 6.25. The van der Waals surface area contributed by atoms with Gasteiger partial charge in [-0.2, -0.15) is 0 Å². The van der Waals surface area contributed by atoms with Crippen LogP contribution < -0.4 is 0 Å². The van der Waals surface area contributed by atoms with Crippen molar-refractivity contribution >= 4 is 17.6 Å². The van der Waals surface area contributed by atoms with Crippen LogP contribution in [-0.4, -0.2) is 83.2 Å². The Hall–Kier alpha value is 0.114. The molecule has 0 spiro atoms. The number of hydrogen-bond acceptors (Lipinski definition) is 8. The molecule has 0 bridgehead atoms. The molecule has 0 aromatic carbocycles. The molecule has 8 nitrogen and oxygen atoms in total. The van der Waals surface area contributed by atoms with Crippen molar-refractivity contribution in [3.05, 3.63) is 0 Å². The topological polar surface area (TPSA) is 77.1 Å². The molecule has 1 rings (SSSR count). The summed E-state index contributed by atoms with van der Waals surface area (Å²) < 4.78 is 48.5. The second-order valence-corrected chi connectivity index (χ2v) is 12.6. The Kier molecular flexibility index (Phi) is 14.0. The zero-order chi connectivity index (χ0) is 21.6. The van der Waals surface area contributed by atoms with Gasteiger partial charge in [0, 0.05) is 46.2 Å². The average Bonchev–Trinajstić information content (AvgIpc) is 3.50. The van der Waals surface area contributed by atoms with E-state index in [4.69, 9.17) is 36.0 Å². The summed E-state index contributed by atoms with van der Waals surface area (Å²) in [6.07, 6.45) is 1.80. The monoisotopic (exact) mass is 454 g/mol. The molecule has 0 radical (unpaired) electrons. The lowest BCUT2D eigenvalue weighted by atomic mass is 10.3. The zero-order valence-corrected chi connectivity index (χ0v) is 21.2. The Balaban J connectivity index is 3.13. The maximum atomic E-state index is 6.25. The quantitative estimate of drug-likeness (QED) is 0.158. The molecule has 10 heteroatoms. The number of ether oxygens (including phenoxy) is 2. The summed E-state index contributed by atoms with van der Waals surface area (Å²) in [5.74, 6) is 0. The Morgan fingerprint density at radius 2 is 1.10 bits per heavy atom. The predicted molar refractivity (Wildman–Crippen MR) is 115 cm³/mol. The molecule has 0 aliphatic carbocycles. The van der Waals surface area contributed by atoms with E-state index in [2.05, 4.69) is 0 Å². The first-order chi connectivity index (χ1) is 14.1. The number of rotatable bonds is 20. The summed E-state index contributed by atoms with van der Waals surface area (Å²) in [4.78, 5) is 0. The molecule has 1 aliphatic rings. The Morgan fingerprint density at radius 3 is 1.41 bits per heavy atom. The van der Waals surface area contributed by atoms with Crippen LogP contribution in [0.15, 0.2) is 0 Å². The smallest absolute Gasteiger partial charge is 0.379 e. The lowest BCUT2D eigenvalue weighted by molar-refractivity contribution is 0.0293. The van der Waals surface area contributed by atoms with Crippen LogP contribution in [0.5, 0.6) is 0 Å². The highest BCUT2D eigenvalue weighted by atomic mass is 28.5. The van der Waals surface area contributed by atoms with Crippen molar-refractivity contribution in [3.8, 4) is 0 Å². The molecular weight excluding hydrogens is 412 g/mol. The summed E-state index contributed by atoms with van der Waals surface area (Å²) in [5, 5.41) is -0.213. The van der Waals surface area contributed by atoms with E-state index in [1.807, 2.05) is 41.5 Å². The molecule has 29 heavy (non-hydrogen) atoms. The molecule has 1 unspecified atom stereocenters. The van der Waals surface area contributed by atoms with Gasteiger partial charge < -0.3 is 36.0 Å². The first-order valence-corrected chi connectivity index (χ1v) is 14.7. The molecule has 174 valence electrons. The molecule has 1 fully saturated rings. The lowest BCUT2D eigenvalue weighted by Crippen LogP contribution is -2.64. The molecule has 1 saturated heterocycles. The maximum Gasteiger partial charge on any atom is 0.508 e. The molecular formula is C19H42O8Si2. The van der Waals surface area contributed by atoms with Crippen molar-refractivity contribution in [3.63, 3.8) is 0 Å². The van der Waals surface area contributed by atoms with Gasteiger partial charge in [0.05, 0.1) is 18.4 Å². The van der Waals surface area contributed by atoms with Crippen LogP contribution in [-0.2, 0) is 36.0 Å². The second kappa shape index (κ2) is 15.0. The van der Waals surface area contributed by atoms with Gasteiger partial charge in [0.1, 0.15) is 6.10 Å². The van der Waals surface area contributed by atoms with Gasteiger partial charge in [0.25, 0.3) is 0 Å². The Bertz CT molecular complexity index is 352. The number of hydrogen-bond donors (Lipinski definition) is 0. The van der Waals surface area contributed by atoms with Crippen molar-refractivity contribution < 1.29 is 36.0 Å². The van der Waals surface area contributed by atoms with Crippen LogP contribution in [0, 0.1) is 0 Å². The van der Waals surface area contributed by atoms with E-state index < -0.39 is 17.6 Å². The Labute approximate surface area is 179 Å². The molecule has 1 aliphatic heterocycles. The average molecular weight is 455 g/mol. The SMILES string of the molecule is CCO[Si](OCC)(OCC)C(CCCOCC1CO1)[Si](OCC)(OCC)OCC. The van der Waals surface area contributed by atoms with E-state index in [0.29, 0.717) is 52.9 Å². The highest BCUT2D eigenvalue weighted by molar-refractivity contribution is 6.82. The summed E-state index contributed by atoms with van der Waals surface area (Å²) in [6.45, 7) is 16.8. The van der Waals surface area contributed by atoms with Crippen molar-refractivity contribution in [1.82, 2.24) is 0 Å². The molecule has 0 saturated carbocycles. The zero-order valence-electron chi connectivity index (χ0n) is 19.2. The van der Waals surface area contributed by atoms with Crippen LogP contribution in [0.2, 0.25) is 5.16 Å². The summed E-state index contributed by atoms with van der Waals surface area (Å²) in [6, 6.07) is 0. The van der Waals surface area contributed by atoms with Gasteiger partial charge in [-0.15, -0.1) is 0 Å². The summed E-state index contributed by atoms with van der Waals surface area (Å²) in [5.41, 5.74) is 0. The van der Waals surface area contributed by atoms with Crippen molar-refractivity contribution in [1.29, 1.82) is 0 Å². The van der Waals surface area contributed by atoms with Gasteiger partial charge >= 0.3 is 17.6 Å². The number of epoxide rings is 1. The fraction of sp³-hybridized carbons (Fsp3) is 1.00. The molecule has 0 aromatic rings. The third-order valence-corrected chi connectivity index (χ3v) is 13.0. The third kappa shape index (κ3) is 8.64. The fourth-order valence-corrected chi connectivity index (χ4v) is 11.9. The predicted octanol–water partition coefficient (Wildman–Crippen LogP) is 3.19. The first kappa shape index (κ1) is 27.1. The van der Waals surface area contributed by atoms with Crippen LogP contribution in [0.3, 0.4) is 0 Å². The fourth-order valence-electron chi connectivity index (χ4n) is 3.40. The van der Waals surface area contributed by atoms with E-state index in [-0.39, 0.29) is 11.3 Å². The van der Waals surface area contributed by atoms with Gasteiger partial charge in [0.2, 0.25) is 0 Å².